The van der Waals surface area contributed by atoms with E-state index in [1.54, 1.807) is 6.92 Å². The minimum absolute atomic E-state index is 0.0154. The molecule has 0 aromatic rings. The van der Waals surface area contributed by atoms with Crippen molar-refractivity contribution < 1.29 is 18.1 Å². The van der Waals surface area contributed by atoms with Crippen LogP contribution in [-0.2, 0) is 18.1 Å². The van der Waals surface area contributed by atoms with E-state index in [1.165, 1.54) is 0 Å². The Morgan fingerprint density at radius 2 is 1.53 bits per heavy atom. The second-order valence-corrected chi connectivity index (χ2v) is 5.20. The molecule has 5 heteroatoms. The van der Waals surface area contributed by atoms with Crippen LogP contribution in [0.5, 0.6) is 0 Å². The molecule has 0 aliphatic carbocycles. The van der Waals surface area contributed by atoms with Crippen LogP contribution in [0.4, 0.5) is 0 Å². The Labute approximate surface area is 93.2 Å². The van der Waals surface area contributed by atoms with Crippen LogP contribution in [0.2, 0.25) is 0 Å². The maximum absolute atomic E-state index is 11.3. The molecule has 0 aliphatic heterocycles. The molecule has 0 aromatic heterocycles. The van der Waals surface area contributed by atoms with E-state index in [4.69, 9.17) is 13.3 Å². The molecular formula is C10H20O4Si. The van der Waals surface area contributed by atoms with Gasteiger partial charge in [-0.05, 0) is 34.6 Å². The van der Waals surface area contributed by atoms with E-state index in [-0.39, 0.29) is 12.2 Å². The molecule has 0 spiro atoms. The summed E-state index contributed by atoms with van der Waals surface area (Å²) in [4.78, 5) is 11.3. The number of rotatable bonds is 6. The third kappa shape index (κ3) is 7.30. The van der Waals surface area contributed by atoms with Crippen molar-refractivity contribution in [3.05, 3.63) is 12.2 Å². The lowest BCUT2D eigenvalue weighted by molar-refractivity contribution is -0.134. The van der Waals surface area contributed by atoms with Crippen molar-refractivity contribution in [2.45, 2.75) is 46.8 Å². The SMILES string of the molecule is C=C(C)C(=O)O[SiH](OC(C)C)OC(C)C. The second kappa shape index (κ2) is 6.76. The molecule has 88 valence electrons. The van der Waals surface area contributed by atoms with E-state index < -0.39 is 15.5 Å². The van der Waals surface area contributed by atoms with Gasteiger partial charge in [-0.1, -0.05) is 6.58 Å². The van der Waals surface area contributed by atoms with Crippen molar-refractivity contribution in [3.8, 4) is 0 Å². The van der Waals surface area contributed by atoms with E-state index in [0.717, 1.165) is 0 Å². The topological polar surface area (TPSA) is 44.8 Å². The average molecular weight is 232 g/mol. The normalized spacial score (nSPS) is 11.2. The van der Waals surface area contributed by atoms with Gasteiger partial charge in [0.05, 0.1) is 0 Å². The Hall–Kier alpha value is -0.653. The van der Waals surface area contributed by atoms with Gasteiger partial charge in [-0.3, -0.25) is 0 Å². The summed E-state index contributed by atoms with van der Waals surface area (Å²) in [5.74, 6) is -0.451. The van der Waals surface area contributed by atoms with Gasteiger partial charge in [-0.25, -0.2) is 4.79 Å². The summed E-state index contributed by atoms with van der Waals surface area (Å²) in [6.45, 7) is 12.6. The van der Waals surface area contributed by atoms with Crippen LogP contribution in [0.25, 0.3) is 0 Å². The van der Waals surface area contributed by atoms with Gasteiger partial charge in [0, 0.05) is 17.8 Å². The van der Waals surface area contributed by atoms with Gasteiger partial charge in [0.1, 0.15) is 0 Å². The summed E-state index contributed by atoms with van der Waals surface area (Å²) in [7, 11) is -2.37. The maximum Gasteiger partial charge on any atom is 0.552 e. The molecule has 0 atom stereocenters. The van der Waals surface area contributed by atoms with E-state index in [9.17, 15) is 4.79 Å². The first-order chi connectivity index (χ1) is 6.82. The van der Waals surface area contributed by atoms with Crippen molar-refractivity contribution in [1.29, 1.82) is 0 Å². The first kappa shape index (κ1) is 14.3. The summed E-state index contributed by atoms with van der Waals surface area (Å²) >= 11 is 0. The molecular weight excluding hydrogens is 212 g/mol. The number of carbonyl (C=O) groups excluding carboxylic acids is 1. The highest BCUT2D eigenvalue weighted by Crippen LogP contribution is 2.04. The monoisotopic (exact) mass is 232 g/mol. The van der Waals surface area contributed by atoms with E-state index >= 15 is 0 Å². The zero-order valence-corrected chi connectivity index (χ0v) is 11.2. The molecule has 0 heterocycles. The maximum atomic E-state index is 11.3. The molecule has 0 amide bonds. The summed E-state index contributed by atoms with van der Waals surface area (Å²) in [5.41, 5.74) is 0.354. The van der Waals surface area contributed by atoms with E-state index in [1.807, 2.05) is 27.7 Å². The summed E-state index contributed by atoms with van der Waals surface area (Å²) < 4.78 is 15.9. The van der Waals surface area contributed by atoms with Crippen molar-refractivity contribution >= 4 is 15.5 Å². The van der Waals surface area contributed by atoms with Crippen LogP contribution >= 0.6 is 0 Å². The largest absolute Gasteiger partial charge is 0.552 e. The summed E-state index contributed by atoms with van der Waals surface area (Å²) in [6.07, 6.45) is -0.0309. The molecule has 0 saturated carbocycles. The fourth-order valence-electron chi connectivity index (χ4n) is 0.720. The zero-order valence-electron chi connectivity index (χ0n) is 10.1. The Bertz CT molecular complexity index is 215. The minimum Gasteiger partial charge on any atom is -0.472 e. The van der Waals surface area contributed by atoms with Gasteiger partial charge in [0.15, 0.2) is 0 Å². The molecule has 0 unspecified atom stereocenters. The lowest BCUT2D eigenvalue weighted by Gasteiger charge is -2.20. The second-order valence-electron chi connectivity index (χ2n) is 3.84. The quantitative estimate of drug-likeness (QED) is 0.516. The molecule has 0 aromatic carbocycles. The minimum atomic E-state index is -2.37. The van der Waals surface area contributed by atoms with Gasteiger partial charge >= 0.3 is 15.5 Å². The standard InChI is InChI=1S/C10H20O4Si/c1-7(2)10(11)14-15(12-8(3)4)13-9(5)6/h8-9,15H,1H2,2-6H3. The molecule has 0 rings (SSSR count). The molecule has 4 nitrogen and oxygen atoms in total. The van der Waals surface area contributed by atoms with Crippen LogP contribution in [0.3, 0.4) is 0 Å². The van der Waals surface area contributed by atoms with Gasteiger partial charge in [-0.2, -0.15) is 0 Å². The third-order valence-electron chi connectivity index (χ3n) is 1.32. The smallest absolute Gasteiger partial charge is 0.472 e. The summed E-state index contributed by atoms with van der Waals surface area (Å²) in [5, 5.41) is 0. The molecule has 0 saturated heterocycles. The average Bonchev–Trinajstić information content (AvgIpc) is 2.00. The van der Waals surface area contributed by atoms with E-state index in [2.05, 4.69) is 6.58 Å². The Morgan fingerprint density at radius 3 is 1.80 bits per heavy atom. The highest BCUT2D eigenvalue weighted by atomic mass is 28.3. The van der Waals surface area contributed by atoms with Crippen LogP contribution in [-0.4, -0.2) is 27.7 Å². The van der Waals surface area contributed by atoms with E-state index in [0.29, 0.717) is 5.57 Å². The number of hydrogen-bond donors (Lipinski definition) is 0. The number of hydrogen-bond acceptors (Lipinski definition) is 4. The predicted molar refractivity (Wildman–Crippen MR) is 60.5 cm³/mol. The van der Waals surface area contributed by atoms with Crippen LogP contribution < -0.4 is 0 Å². The van der Waals surface area contributed by atoms with Gasteiger partial charge in [0.25, 0.3) is 0 Å². The lowest BCUT2D eigenvalue weighted by atomic mass is 10.4. The Balaban J connectivity index is 4.23. The van der Waals surface area contributed by atoms with Crippen LogP contribution in [0.1, 0.15) is 34.6 Å². The highest BCUT2D eigenvalue weighted by molar-refractivity contribution is 6.40. The summed E-state index contributed by atoms with van der Waals surface area (Å²) in [6, 6.07) is 0. The van der Waals surface area contributed by atoms with Gasteiger partial charge < -0.3 is 13.3 Å². The molecule has 0 fully saturated rings. The molecule has 0 bridgehead atoms. The van der Waals surface area contributed by atoms with Gasteiger partial charge in [0.2, 0.25) is 0 Å². The van der Waals surface area contributed by atoms with Crippen LogP contribution in [0, 0.1) is 0 Å². The fourth-order valence-corrected chi connectivity index (χ4v) is 2.16. The molecule has 15 heavy (non-hydrogen) atoms. The Kier molecular flexibility index (Phi) is 6.47. The van der Waals surface area contributed by atoms with Crippen molar-refractivity contribution in [2.24, 2.45) is 0 Å². The molecule has 0 N–H and O–H groups in total. The molecule has 0 aliphatic rings. The lowest BCUT2D eigenvalue weighted by Crippen LogP contribution is -2.35. The van der Waals surface area contributed by atoms with Crippen molar-refractivity contribution in [3.63, 3.8) is 0 Å². The first-order valence-corrected chi connectivity index (χ1v) is 6.41. The third-order valence-corrected chi connectivity index (χ3v) is 3.26. The highest BCUT2D eigenvalue weighted by Gasteiger charge is 2.23. The molecule has 0 radical (unpaired) electrons. The Morgan fingerprint density at radius 1 is 1.13 bits per heavy atom. The predicted octanol–water partition coefficient (Wildman–Crippen LogP) is 1.67. The van der Waals surface area contributed by atoms with Crippen molar-refractivity contribution in [1.82, 2.24) is 0 Å². The van der Waals surface area contributed by atoms with Gasteiger partial charge in [-0.15, -0.1) is 0 Å². The number of carbonyl (C=O) groups is 1. The van der Waals surface area contributed by atoms with Crippen LogP contribution in [0.15, 0.2) is 12.2 Å². The van der Waals surface area contributed by atoms with Crippen molar-refractivity contribution in [2.75, 3.05) is 0 Å². The fraction of sp³-hybridized carbons (Fsp3) is 0.700. The first-order valence-electron chi connectivity index (χ1n) is 5.00. The zero-order chi connectivity index (χ0) is 12.0.